The predicted molar refractivity (Wildman–Crippen MR) is 102 cm³/mol. The van der Waals surface area contributed by atoms with Crippen LogP contribution in [-0.2, 0) is 14.8 Å². The van der Waals surface area contributed by atoms with Gasteiger partial charge in [-0.2, -0.15) is 15.0 Å². The minimum atomic E-state index is -3.98. The summed E-state index contributed by atoms with van der Waals surface area (Å²) < 4.78 is 33.0. The lowest BCUT2D eigenvalue weighted by Crippen LogP contribution is -2.37. The Labute approximate surface area is 161 Å². The van der Waals surface area contributed by atoms with Crippen LogP contribution in [0.25, 0.3) is 0 Å². The van der Waals surface area contributed by atoms with Gasteiger partial charge in [-0.05, 0) is 24.6 Å². The number of benzene rings is 1. The Hall–Kier alpha value is -1.82. The summed E-state index contributed by atoms with van der Waals surface area (Å²) in [5.41, 5.74) is 6.32. The second kappa shape index (κ2) is 7.43. The number of sulfonamides is 1. The monoisotopic (exact) mass is 416 g/mol. The second-order valence-electron chi connectivity index (χ2n) is 5.59. The maximum Gasteiger partial charge on any atom is 0.265 e. The zero-order chi connectivity index (χ0) is 18.9. The van der Waals surface area contributed by atoms with Crippen LogP contribution in [0.1, 0.15) is 5.56 Å². The van der Waals surface area contributed by atoms with Crippen LogP contribution in [0.15, 0.2) is 21.9 Å². The first-order valence-electron chi connectivity index (χ1n) is 7.62. The highest BCUT2D eigenvalue weighted by atomic mass is 35.5. The molecule has 1 aliphatic rings. The molecule has 2 heterocycles. The first kappa shape index (κ1) is 19.0. The van der Waals surface area contributed by atoms with Gasteiger partial charge in [0.25, 0.3) is 10.0 Å². The Morgan fingerprint density at radius 1 is 1.27 bits per heavy atom. The van der Waals surface area contributed by atoms with Crippen LogP contribution in [0.3, 0.4) is 0 Å². The topological polar surface area (TPSA) is 123 Å². The van der Waals surface area contributed by atoms with Crippen LogP contribution in [-0.4, -0.2) is 49.7 Å². The van der Waals surface area contributed by atoms with Gasteiger partial charge < -0.3 is 15.4 Å². The average molecular weight is 417 g/mol. The number of rotatable bonds is 4. The van der Waals surface area contributed by atoms with E-state index in [1.54, 1.807) is 6.92 Å². The summed E-state index contributed by atoms with van der Waals surface area (Å²) in [6, 6.07) is 2.90. The number of nitrogens with zero attached hydrogens (tertiary/aromatic N) is 4. The van der Waals surface area contributed by atoms with E-state index in [9.17, 15) is 8.42 Å². The van der Waals surface area contributed by atoms with Gasteiger partial charge in [0.2, 0.25) is 17.8 Å². The van der Waals surface area contributed by atoms with Crippen molar-refractivity contribution in [3.63, 3.8) is 0 Å². The summed E-state index contributed by atoms with van der Waals surface area (Å²) in [7, 11) is -3.98. The molecule has 1 aliphatic heterocycles. The first-order chi connectivity index (χ1) is 12.3. The molecule has 1 aromatic carbocycles. The molecule has 12 heteroatoms. The van der Waals surface area contributed by atoms with Gasteiger partial charge in [-0.25, -0.2) is 13.1 Å². The van der Waals surface area contributed by atoms with Gasteiger partial charge in [-0.3, -0.25) is 0 Å². The van der Waals surface area contributed by atoms with Crippen molar-refractivity contribution in [3.05, 3.63) is 22.7 Å². The van der Waals surface area contributed by atoms with Crippen molar-refractivity contribution >= 4 is 52.1 Å². The summed E-state index contributed by atoms with van der Waals surface area (Å²) in [6.07, 6.45) is 0. The Morgan fingerprint density at radius 2 is 1.96 bits per heavy atom. The fraction of sp³-hybridized carbons (Fsp3) is 0.357. The third-order valence-electron chi connectivity index (χ3n) is 3.69. The molecule has 2 aromatic rings. The van der Waals surface area contributed by atoms with E-state index in [1.807, 2.05) is 4.90 Å². The van der Waals surface area contributed by atoms with Gasteiger partial charge in [-0.1, -0.05) is 11.6 Å². The van der Waals surface area contributed by atoms with Crippen molar-refractivity contribution in [2.75, 3.05) is 41.7 Å². The number of aromatic nitrogens is 3. The molecule has 0 aliphatic carbocycles. The van der Waals surface area contributed by atoms with Gasteiger partial charge in [0.15, 0.2) is 0 Å². The fourth-order valence-corrected chi connectivity index (χ4v) is 4.27. The van der Waals surface area contributed by atoms with Gasteiger partial charge >= 0.3 is 0 Å². The Morgan fingerprint density at radius 3 is 2.65 bits per heavy atom. The average Bonchev–Trinajstić information content (AvgIpc) is 2.58. The maximum atomic E-state index is 12.7. The largest absolute Gasteiger partial charge is 0.378 e. The highest BCUT2D eigenvalue weighted by Crippen LogP contribution is 2.28. The molecule has 0 bridgehead atoms. The molecule has 0 spiro atoms. The summed E-state index contributed by atoms with van der Waals surface area (Å²) in [6.45, 7) is 3.91. The minimum absolute atomic E-state index is 0.0327. The van der Waals surface area contributed by atoms with E-state index in [4.69, 9.17) is 22.1 Å². The van der Waals surface area contributed by atoms with Crippen LogP contribution in [0.2, 0.25) is 5.02 Å². The number of morpholine rings is 1. The quantitative estimate of drug-likeness (QED) is 0.638. The highest BCUT2D eigenvalue weighted by molar-refractivity contribution is 7.93. The molecule has 140 valence electrons. The van der Waals surface area contributed by atoms with E-state index in [-0.39, 0.29) is 27.6 Å². The molecule has 1 aromatic heterocycles. The number of hydrogen-bond acceptors (Lipinski definition) is 9. The van der Waals surface area contributed by atoms with Gasteiger partial charge in [0, 0.05) is 23.0 Å². The van der Waals surface area contributed by atoms with Crippen LogP contribution in [0.5, 0.6) is 0 Å². The lowest BCUT2D eigenvalue weighted by atomic mass is 10.2. The Balaban J connectivity index is 1.92. The van der Waals surface area contributed by atoms with Gasteiger partial charge in [0.05, 0.1) is 13.2 Å². The molecule has 1 saturated heterocycles. The molecule has 1 fully saturated rings. The lowest BCUT2D eigenvalue weighted by molar-refractivity contribution is 0.122. The summed E-state index contributed by atoms with van der Waals surface area (Å²) >= 11 is 10.2. The molecule has 0 amide bonds. The van der Waals surface area contributed by atoms with Crippen molar-refractivity contribution in [1.82, 2.24) is 15.0 Å². The molecule has 9 nitrogen and oxygen atoms in total. The Kier molecular flexibility index (Phi) is 5.42. The standard InChI is InChI=1S/C14H17ClN6O3S2/c1-8-6-11(10(25)7-9(8)15)26(22,23)20-13-17-12(16)18-14(19-13)21-2-4-24-5-3-21/h6-7,25H,2-5H2,1H3,(H3,16,17,18,19,20). The number of ether oxygens (including phenoxy) is 1. The summed E-state index contributed by atoms with van der Waals surface area (Å²) in [5.74, 6) is 0.0359. The molecule has 26 heavy (non-hydrogen) atoms. The van der Waals surface area contributed by atoms with E-state index in [2.05, 4.69) is 32.3 Å². The van der Waals surface area contributed by atoms with Crippen LogP contribution in [0, 0.1) is 6.92 Å². The van der Waals surface area contributed by atoms with Crippen molar-refractivity contribution in [2.45, 2.75) is 16.7 Å². The van der Waals surface area contributed by atoms with Crippen molar-refractivity contribution in [2.24, 2.45) is 0 Å². The third-order valence-corrected chi connectivity index (χ3v) is 5.99. The van der Waals surface area contributed by atoms with Crippen molar-refractivity contribution in [1.29, 1.82) is 0 Å². The number of nitrogen functional groups attached to an aromatic ring is 1. The minimum Gasteiger partial charge on any atom is -0.378 e. The van der Waals surface area contributed by atoms with Gasteiger partial charge in [0.1, 0.15) is 4.90 Å². The highest BCUT2D eigenvalue weighted by Gasteiger charge is 2.22. The summed E-state index contributed by atoms with van der Waals surface area (Å²) in [5, 5.41) is 0.424. The van der Waals surface area contributed by atoms with Crippen LogP contribution >= 0.6 is 24.2 Å². The number of halogens is 1. The number of anilines is 3. The number of hydrogen-bond donors (Lipinski definition) is 3. The molecule has 0 saturated carbocycles. The molecule has 0 unspecified atom stereocenters. The maximum absolute atomic E-state index is 12.7. The van der Waals surface area contributed by atoms with E-state index in [0.717, 1.165) is 0 Å². The predicted octanol–water partition coefficient (Wildman–Crippen LogP) is 1.34. The SMILES string of the molecule is Cc1cc(S(=O)(=O)Nc2nc(N)nc(N3CCOCC3)n2)c(S)cc1Cl. The number of aryl methyl sites for hydroxylation is 1. The Bertz CT molecular complexity index is 935. The number of thiol groups is 1. The third kappa shape index (κ3) is 4.11. The van der Waals surface area contributed by atoms with E-state index >= 15 is 0 Å². The molecule has 3 N–H and O–H groups in total. The van der Waals surface area contributed by atoms with Crippen molar-refractivity contribution in [3.8, 4) is 0 Å². The smallest absolute Gasteiger partial charge is 0.265 e. The molecule has 3 rings (SSSR count). The normalized spacial score (nSPS) is 15.1. The van der Waals surface area contributed by atoms with E-state index in [0.29, 0.717) is 36.9 Å². The molecular weight excluding hydrogens is 400 g/mol. The zero-order valence-corrected chi connectivity index (χ0v) is 16.3. The molecule has 0 atom stereocenters. The van der Waals surface area contributed by atoms with Crippen molar-refractivity contribution < 1.29 is 13.2 Å². The van der Waals surface area contributed by atoms with Crippen LogP contribution in [0.4, 0.5) is 17.8 Å². The summed E-state index contributed by atoms with van der Waals surface area (Å²) in [4.78, 5) is 14.1. The zero-order valence-electron chi connectivity index (χ0n) is 13.8. The van der Waals surface area contributed by atoms with E-state index < -0.39 is 10.0 Å². The number of nitrogens with one attached hydrogen (secondary N) is 1. The number of nitrogens with two attached hydrogens (primary N) is 1. The van der Waals surface area contributed by atoms with Crippen LogP contribution < -0.4 is 15.4 Å². The molecule has 0 radical (unpaired) electrons. The molecular formula is C14H17ClN6O3S2. The van der Waals surface area contributed by atoms with E-state index in [1.165, 1.54) is 12.1 Å². The lowest BCUT2D eigenvalue weighted by Gasteiger charge is -2.26. The fourth-order valence-electron chi connectivity index (χ4n) is 2.37. The van der Waals surface area contributed by atoms with Gasteiger partial charge in [-0.15, -0.1) is 12.6 Å². The second-order valence-corrected chi connectivity index (χ2v) is 8.13. The first-order valence-corrected chi connectivity index (χ1v) is 9.93.